The Hall–Kier alpha value is -0.920. The van der Waals surface area contributed by atoms with E-state index >= 15 is 0 Å². The van der Waals surface area contributed by atoms with Crippen LogP contribution in [0.25, 0.3) is 0 Å². The summed E-state index contributed by atoms with van der Waals surface area (Å²) in [6.07, 6.45) is 3.62. The van der Waals surface area contributed by atoms with Crippen LogP contribution in [0.1, 0.15) is 25.5 Å². The highest BCUT2D eigenvalue weighted by molar-refractivity contribution is 14.1. The fourth-order valence-electron chi connectivity index (χ4n) is 1.92. The quantitative estimate of drug-likeness (QED) is 0.757. The van der Waals surface area contributed by atoms with Crippen LogP contribution >= 0.6 is 22.6 Å². The molecular formula is C12H16IN3O2. The van der Waals surface area contributed by atoms with Gasteiger partial charge in [0.2, 0.25) is 5.91 Å². The SMILES string of the molecule is CCN(C(=O)Cn1cnc(C)c(I)c1=O)C1CC1. The largest absolute Gasteiger partial charge is 0.338 e. The molecule has 1 saturated carbocycles. The second-order valence-corrected chi connectivity index (χ2v) is 5.57. The second kappa shape index (κ2) is 5.38. The van der Waals surface area contributed by atoms with Crippen molar-refractivity contribution < 1.29 is 4.79 Å². The Kier molecular flexibility index (Phi) is 4.04. The first-order chi connectivity index (χ1) is 8.54. The minimum Gasteiger partial charge on any atom is -0.338 e. The van der Waals surface area contributed by atoms with Crippen LogP contribution in [0, 0.1) is 10.5 Å². The molecule has 0 bridgehead atoms. The molecule has 5 nitrogen and oxygen atoms in total. The van der Waals surface area contributed by atoms with Crippen molar-refractivity contribution in [2.75, 3.05) is 6.54 Å². The number of likely N-dealkylation sites (N-methyl/N-ethyl adjacent to an activating group) is 1. The summed E-state index contributed by atoms with van der Waals surface area (Å²) in [5, 5.41) is 0. The van der Waals surface area contributed by atoms with Crippen LogP contribution in [0.3, 0.4) is 0 Å². The van der Waals surface area contributed by atoms with Gasteiger partial charge in [-0.15, -0.1) is 0 Å². The van der Waals surface area contributed by atoms with Crippen LogP contribution in [0.2, 0.25) is 0 Å². The molecule has 0 aliphatic heterocycles. The topological polar surface area (TPSA) is 55.2 Å². The van der Waals surface area contributed by atoms with Crippen molar-refractivity contribution in [3.63, 3.8) is 0 Å². The van der Waals surface area contributed by atoms with Gasteiger partial charge >= 0.3 is 0 Å². The minimum atomic E-state index is -0.136. The van der Waals surface area contributed by atoms with Gasteiger partial charge in [-0.3, -0.25) is 14.2 Å². The number of amides is 1. The molecular weight excluding hydrogens is 345 g/mol. The molecule has 1 amide bonds. The van der Waals surface area contributed by atoms with Crippen molar-refractivity contribution in [1.82, 2.24) is 14.5 Å². The van der Waals surface area contributed by atoms with Gasteiger partial charge < -0.3 is 4.90 Å². The summed E-state index contributed by atoms with van der Waals surface area (Å²) in [7, 11) is 0. The van der Waals surface area contributed by atoms with Crippen molar-refractivity contribution in [2.45, 2.75) is 39.3 Å². The number of rotatable bonds is 4. The maximum atomic E-state index is 12.1. The summed E-state index contributed by atoms with van der Waals surface area (Å²) >= 11 is 1.97. The molecule has 1 aliphatic rings. The van der Waals surface area contributed by atoms with Crippen molar-refractivity contribution in [2.24, 2.45) is 0 Å². The highest BCUT2D eigenvalue weighted by atomic mass is 127. The lowest BCUT2D eigenvalue weighted by Gasteiger charge is -2.20. The molecule has 1 aliphatic carbocycles. The lowest BCUT2D eigenvalue weighted by atomic mass is 10.4. The maximum Gasteiger partial charge on any atom is 0.267 e. The Labute approximate surface area is 119 Å². The van der Waals surface area contributed by atoms with Crippen LogP contribution in [-0.2, 0) is 11.3 Å². The van der Waals surface area contributed by atoms with Crippen LogP contribution in [0.15, 0.2) is 11.1 Å². The van der Waals surface area contributed by atoms with Gasteiger partial charge in [0.25, 0.3) is 5.56 Å². The van der Waals surface area contributed by atoms with E-state index in [-0.39, 0.29) is 18.0 Å². The molecule has 18 heavy (non-hydrogen) atoms. The molecule has 0 atom stereocenters. The smallest absolute Gasteiger partial charge is 0.267 e. The maximum absolute atomic E-state index is 12.1. The Morgan fingerprint density at radius 1 is 1.61 bits per heavy atom. The van der Waals surface area contributed by atoms with Gasteiger partial charge in [-0.05, 0) is 49.3 Å². The van der Waals surface area contributed by atoms with Gasteiger partial charge in [0.05, 0.1) is 15.6 Å². The number of halogens is 1. The second-order valence-electron chi connectivity index (χ2n) is 4.49. The Morgan fingerprint density at radius 2 is 2.28 bits per heavy atom. The van der Waals surface area contributed by atoms with E-state index in [2.05, 4.69) is 4.98 Å². The van der Waals surface area contributed by atoms with Gasteiger partial charge in [-0.2, -0.15) is 0 Å². The Bertz CT molecular complexity index is 523. The predicted octanol–water partition coefficient (Wildman–Crippen LogP) is 1.17. The van der Waals surface area contributed by atoms with E-state index in [1.165, 1.54) is 10.9 Å². The van der Waals surface area contributed by atoms with E-state index < -0.39 is 0 Å². The molecule has 6 heteroatoms. The van der Waals surface area contributed by atoms with Gasteiger partial charge in [0.15, 0.2) is 0 Å². The number of aromatic nitrogens is 2. The number of hydrogen-bond acceptors (Lipinski definition) is 3. The fraction of sp³-hybridized carbons (Fsp3) is 0.583. The zero-order chi connectivity index (χ0) is 13.3. The highest BCUT2D eigenvalue weighted by Gasteiger charge is 2.31. The number of hydrogen-bond donors (Lipinski definition) is 0. The molecule has 0 unspecified atom stereocenters. The Balaban J connectivity index is 2.16. The number of nitrogens with zero attached hydrogens (tertiary/aromatic N) is 3. The van der Waals surface area contributed by atoms with Gasteiger partial charge in [-0.25, -0.2) is 4.98 Å². The van der Waals surface area contributed by atoms with E-state index in [1.54, 1.807) is 6.92 Å². The summed E-state index contributed by atoms with van der Waals surface area (Å²) in [5.41, 5.74) is 0.571. The van der Waals surface area contributed by atoms with Crippen molar-refractivity contribution in [1.29, 1.82) is 0 Å². The average Bonchev–Trinajstić information content (AvgIpc) is 3.15. The van der Waals surface area contributed by atoms with Crippen molar-refractivity contribution in [3.8, 4) is 0 Å². The molecule has 1 aromatic heterocycles. The zero-order valence-electron chi connectivity index (χ0n) is 10.5. The number of aryl methyl sites for hydroxylation is 1. The fourth-order valence-corrected chi connectivity index (χ4v) is 2.37. The molecule has 0 spiro atoms. The summed E-state index contributed by atoms with van der Waals surface area (Å²) in [4.78, 5) is 30.0. The first kappa shape index (κ1) is 13.5. The lowest BCUT2D eigenvalue weighted by Crippen LogP contribution is -2.38. The molecule has 2 rings (SSSR count). The first-order valence-electron chi connectivity index (χ1n) is 6.05. The van der Waals surface area contributed by atoms with Crippen LogP contribution < -0.4 is 5.56 Å². The molecule has 0 saturated heterocycles. The van der Waals surface area contributed by atoms with Gasteiger partial charge in [0, 0.05) is 12.6 Å². The van der Waals surface area contributed by atoms with Crippen LogP contribution in [0.4, 0.5) is 0 Å². The molecule has 0 N–H and O–H groups in total. The third-order valence-electron chi connectivity index (χ3n) is 3.11. The molecule has 0 radical (unpaired) electrons. The third-order valence-corrected chi connectivity index (χ3v) is 4.35. The lowest BCUT2D eigenvalue weighted by molar-refractivity contribution is -0.132. The van der Waals surface area contributed by atoms with Crippen molar-refractivity contribution in [3.05, 3.63) is 25.9 Å². The van der Waals surface area contributed by atoms with E-state index in [1.807, 2.05) is 34.4 Å². The first-order valence-corrected chi connectivity index (χ1v) is 7.13. The monoisotopic (exact) mass is 361 g/mol. The average molecular weight is 361 g/mol. The standard InChI is InChI=1S/C12H16IN3O2/c1-3-16(9-4-5-9)10(17)6-15-7-14-8(2)11(13)12(15)18/h7,9H,3-6H2,1-2H3. The van der Waals surface area contributed by atoms with E-state index in [0.717, 1.165) is 12.8 Å². The third kappa shape index (κ3) is 2.73. The number of carbonyl (C=O) groups excluding carboxylic acids is 1. The van der Waals surface area contributed by atoms with Gasteiger partial charge in [-0.1, -0.05) is 0 Å². The minimum absolute atomic E-state index is 0.00329. The summed E-state index contributed by atoms with van der Waals surface area (Å²) in [6.45, 7) is 4.55. The van der Waals surface area contributed by atoms with Gasteiger partial charge in [0.1, 0.15) is 6.54 Å². The van der Waals surface area contributed by atoms with Crippen molar-refractivity contribution >= 4 is 28.5 Å². The van der Waals surface area contributed by atoms with Crippen LogP contribution in [0.5, 0.6) is 0 Å². The van der Waals surface area contributed by atoms with E-state index in [4.69, 9.17) is 0 Å². The highest BCUT2D eigenvalue weighted by Crippen LogP contribution is 2.26. The Morgan fingerprint density at radius 3 is 2.83 bits per heavy atom. The number of carbonyl (C=O) groups is 1. The summed E-state index contributed by atoms with van der Waals surface area (Å²) in [6, 6.07) is 0.385. The predicted molar refractivity (Wildman–Crippen MR) is 76.4 cm³/mol. The van der Waals surface area contributed by atoms with E-state index in [9.17, 15) is 9.59 Å². The molecule has 1 heterocycles. The molecule has 1 aromatic rings. The summed E-state index contributed by atoms with van der Waals surface area (Å²) in [5.74, 6) is 0.00329. The molecule has 0 aromatic carbocycles. The van der Waals surface area contributed by atoms with E-state index in [0.29, 0.717) is 21.9 Å². The molecule has 98 valence electrons. The van der Waals surface area contributed by atoms with Crippen LogP contribution in [-0.4, -0.2) is 32.9 Å². The summed E-state index contributed by atoms with van der Waals surface area (Å²) < 4.78 is 1.97. The molecule has 1 fully saturated rings. The zero-order valence-corrected chi connectivity index (χ0v) is 12.7. The normalized spacial score (nSPS) is 14.6.